The molecule has 0 aliphatic carbocycles. The normalized spacial score (nSPS) is 11.3. The van der Waals surface area contributed by atoms with E-state index in [4.69, 9.17) is 4.52 Å². The summed E-state index contributed by atoms with van der Waals surface area (Å²) in [7, 11) is 0. The van der Waals surface area contributed by atoms with Gasteiger partial charge in [0.1, 0.15) is 11.5 Å². The van der Waals surface area contributed by atoms with E-state index in [9.17, 15) is 4.79 Å². The molecule has 3 rings (SSSR count). The van der Waals surface area contributed by atoms with Crippen LogP contribution in [0.4, 0.5) is 0 Å². The summed E-state index contributed by atoms with van der Waals surface area (Å²) in [4.78, 5) is 14.8. The van der Waals surface area contributed by atoms with E-state index in [1.807, 2.05) is 37.5 Å². The van der Waals surface area contributed by atoms with Gasteiger partial charge in [-0.3, -0.25) is 9.36 Å². The number of halogens is 1. The molecule has 0 atom stereocenters. The number of hydrogen-bond donors (Lipinski definition) is 2. The van der Waals surface area contributed by atoms with Crippen molar-refractivity contribution in [1.29, 1.82) is 0 Å². The van der Waals surface area contributed by atoms with Gasteiger partial charge in [0.25, 0.3) is 5.91 Å². The van der Waals surface area contributed by atoms with Gasteiger partial charge in [-0.05, 0) is 48.8 Å². The Morgan fingerprint density at radius 3 is 2.79 bits per heavy atom. The standard InChI is InChI=1S/C16H16BrN5O2/c1-9-4-12(11(3)22(9)15-5-10(2)24-21-15)7-19-20-16(23)14-6-13(17)8-18-14/h4-8,18H,1-3H3,(H,20,23)/b19-7-. The highest BCUT2D eigenvalue weighted by atomic mass is 79.9. The molecule has 0 saturated carbocycles. The van der Waals surface area contributed by atoms with E-state index in [1.165, 1.54) is 0 Å². The molecule has 0 radical (unpaired) electrons. The van der Waals surface area contributed by atoms with E-state index in [0.29, 0.717) is 5.69 Å². The third-order valence-corrected chi connectivity index (χ3v) is 4.03. The topological polar surface area (TPSA) is 88.2 Å². The number of carbonyl (C=O) groups is 1. The van der Waals surface area contributed by atoms with Crippen molar-refractivity contribution in [3.8, 4) is 5.82 Å². The first kappa shape index (κ1) is 16.3. The Kier molecular flexibility index (Phi) is 4.39. The summed E-state index contributed by atoms with van der Waals surface area (Å²) >= 11 is 3.28. The predicted molar refractivity (Wildman–Crippen MR) is 93.6 cm³/mol. The average molecular weight is 390 g/mol. The van der Waals surface area contributed by atoms with Crippen molar-refractivity contribution in [1.82, 2.24) is 20.1 Å². The molecule has 3 heterocycles. The molecule has 3 aromatic heterocycles. The number of nitrogens with zero attached hydrogens (tertiary/aromatic N) is 3. The maximum absolute atomic E-state index is 11.9. The molecule has 2 N–H and O–H groups in total. The predicted octanol–water partition coefficient (Wildman–Crippen LogP) is 3.25. The zero-order valence-electron chi connectivity index (χ0n) is 13.4. The van der Waals surface area contributed by atoms with Crippen molar-refractivity contribution >= 4 is 28.1 Å². The first-order valence-corrected chi connectivity index (χ1v) is 8.05. The average Bonchev–Trinajstić information content (AvgIpc) is 3.20. The Morgan fingerprint density at radius 1 is 1.38 bits per heavy atom. The van der Waals surface area contributed by atoms with Gasteiger partial charge in [-0.25, -0.2) is 5.43 Å². The minimum absolute atomic E-state index is 0.308. The van der Waals surface area contributed by atoms with Crippen molar-refractivity contribution in [3.63, 3.8) is 0 Å². The number of aromatic amines is 1. The Bertz CT molecular complexity index is 919. The SMILES string of the molecule is Cc1cc(-n2c(C)cc(/C=N\NC(=O)c3cc(Br)c[nH]3)c2C)no1. The zero-order valence-corrected chi connectivity index (χ0v) is 15.0. The van der Waals surface area contributed by atoms with Crippen LogP contribution in [0.25, 0.3) is 5.82 Å². The number of aromatic nitrogens is 3. The third kappa shape index (κ3) is 3.18. The van der Waals surface area contributed by atoms with E-state index in [0.717, 1.165) is 33.0 Å². The number of H-pyrrole nitrogens is 1. The van der Waals surface area contributed by atoms with Gasteiger partial charge in [0, 0.05) is 33.7 Å². The number of rotatable bonds is 4. The summed E-state index contributed by atoms with van der Waals surface area (Å²) in [6.07, 6.45) is 3.30. The Balaban J connectivity index is 1.77. The molecule has 0 saturated heterocycles. The van der Waals surface area contributed by atoms with Gasteiger partial charge in [-0.1, -0.05) is 5.16 Å². The quantitative estimate of drug-likeness (QED) is 0.530. The summed E-state index contributed by atoms with van der Waals surface area (Å²) in [6.45, 7) is 5.78. The maximum Gasteiger partial charge on any atom is 0.287 e. The van der Waals surface area contributed by atoms with Crippen LogP contribution >= 0.6 is 15.9 Å². The van der Waals surface area contributed by atoms with Crippen LogP contribution in [0, 0.1) is 20.8 Å². The van der Waals surface area contributed by atoms with Crippen LogP contribution in [-0.4, -0.2) is 26.8 Å². The van der Waals surface area contributed by atoms with Gasteiger partial charge in [0.15, 0.2) is 5.82 Å². The van der Waals surface area contributed by atoms with Crippen molar-refractivity contribution in [2.75, 3.05) is 0 Å². The Morgan fingerprint density at radius 2 is 2.17 bits per heavy atom. The molecule has 24 heavy (non-hydrogen) atoms. The number of hydrogen-bond acceptors (Lipinski definition) is 4. The second kappa shape index (κ2) is 6.48. The number of amides is 1. The lowest BCUT2D eigenvalue weighted by Gasteiger charge is -2.03. The van der Waals surface area contributed by atoms with Gasteiger partial charge in [0.05, 0.1) is 6.21 Å². The summed E-state index contributed by atoms with van der Waals surface area (Å²) in [5.41, 5.74) is 5.78. The van der Waals surface area contributed by atoms with Crippen LogP contribution in [0.5, 0.6) is 0 Å². The molecule has 0 aromatic carbocycles. The molecular weight excluding hydrogens is 374 g/mol. The molecular formula is C16H16BrN5O2. The van der Waals surface area contributed by atoms with Crippen LogP contribution in [0.1, 0.15) is 33.2 Å². The van der Waals surface area contributed by atoms with Crippen molar-refractivity contribution in [3.05, 3.63) is 57.3 Å². The second-order valence-electron chi connectivity index (χ2n) is 5.39. The van der Waals surface area contributed by atoms with Gasteiger partial charge in [-0.2, -0.15) is 5.10 Å². The highest BCUT2D eigenvalue weighted by Crippen LogP contribution is 2.19. The highest BCUT2D eigenvalue weighted by molar-refractivity contribution is 9.10. The summed E-state index contributed by atoms with van der Waals surface area (Å²) in [6, 6.07) is 5.52. The molecule has 0 bridgehead atoms. The van der Waals surface area contributed by atoms with E-state index < -0.39 is 0 Å². The Hall–Kier alpha value is -2.61. The lowest BCUT2D eigenvalue weighted by molar-refractivity contribution is 0.0951. The minimum atomic E-state index is -0.308. The van der Waals surface area contributed by atoms with Crippen LogP contribution in [0.15, 0.2) is 38.5 Å². The number of hydrazone groups is 1. The molecule has 3 aromatic rings. The summed E-state index contributed by atoms with van der Waals surface area (Å²) in [5, 5.41) is 8.06. The fraction of sp³-hybridized carbons (Fsp3) is 0.188. The largest absolute Gasteiger partial charge is 0.360 e. The summed E-state index contributed by atoms with van der Waals surface area (Å²) in [5.74, 6) is 1.16. The lowest BCUT2D eigenvalue weighted by atomic mass is 10.3. The second-order valence-corrected chi connectivity index (χ2v) is 6.30. The maximum atomic E-state index is 11.9. The molecule has 0 unspecified atom stereocenters. The molecule has 0 fully saturated rings. The fourth-order valence-electron chi connectivity index (χ4n) is 2.45. The Labute approximate surface area is 146 Å². The molecule has 8 heteroatoms. The lowest BCUT2D eigenvalue weighted by Crippen LogP contribution is -2.17. The van der Waals surface area contributed by atoms with E-state index in [2.05, 4.69) is 36.6 Å². The molecule has 7 nitrogen and oxygen atoms in total. The first-order valence-electron chi connectivity index (χ1n) is 7.25. The van der Waals surface area contributed by atoms with Crippen LogP contribution in [0.3, 0.4) is 0 Å². The van der Waals surface area contributed by atoms with Gasteiger partial charge < -0.3 is 9.51 Å². The van der Waals surface area contributed by atoms with E-state index in [1.54, 1.807) is 18.5 Å². The van der Waals surface area contributed by atoms with E-state index in [-0.39, 0.29) is 5.91 Å². The zero-order chi connectivity index (χ0) is 17.3. The molecule has 0 aliphatic rings. The smallest absolute Gasteiger partial charge is 0.287 e. The van der Waals surface area contributed by atoms with Crippen LogP contribution in [-0.2, 0) is 0 Å². The summed E-state index contributed by atoms with van der Waals surface area (Å²) < 4.78 is 7.92. The molecule has 0 spiro atoms. The molecule has 124 valence electrons. The highest BCUT2D eigenvalue weighted by Gasteiger charge is 2.12. The monoisotopic (exact) mass is 389 g/mol. The van der Waals surface area contributed by atoms with Crippen LogP contribution in [0.2, 0.25) is 0 Å². The van der Waals surface area contributed by atoms with Crippen molar-refractivity contribution < 1.29 is 9.32 Å². The van der Waals surface area contributed by atoms with Gasteiger partial charge >= 0.3 is 0 Å². The number of nitrogens with one attached hydrogen (secondary N) is 2. The van der Waals surface area contributed by atoms with Crippen molar-refractivity contribution in [2.24, 2.45) is 5.10 Å². The molecule has 0 aliphatic heterocycles. The molecule has 1 amide bonds. The minimum Gasteiger partial charge on any atom is -0.360 e. The van der Waals surface area contributed by atoms with Gasteiger partial charge in [0.2, 0.25) is 0 Å². The van der Waals surface area contributed by atoms with Crippen molar-refractivity contribution in [2.45, 2.75) is 20.8 Å². The first-order chi connectivity index (χ1) is 11.5. The van der Waals surface area contributed by atoms with Gasteiger partial charge in [-0.15, -0.1) is 0 Å². The van der Waals surface area contributed by atoms with Crippen LogP contribution < -0.4 is 5.43 Å². The third-order valence-electron chi connectivity index (χ3n) is 3.58. The fourth-order valence-corrected chi connectivity index (χ4v) is 2.79. The number of carbonyl (C=O) groups excluding carboxylic acids is 1. The van der Waals surface area contributed by atoms with E-state index >= 15 is 0 Å². The number of aryl methyl sites for hydroxylation is 2.